The molecule has 2 aromatic rings. The molecule has 2 aliphatic heterocycles. The molecule has 4 rings (SSSR count). The topological polar surface area (TPSA) is 73.7 Å². The Kier molecular flexibility index (Phi) is 4.06. The molecule has 3 heterocycles. The number of piperidine rings is 1. The van der Waals surface area contributed by atoms with Gasteiger partial charge in [0.2, 0.25) is 0 Å². The van der Waals surface area contributed by atoms with Crippen molar-refractivity contribution in [3.63, 3.8) is 0 Å². The third kappa shape index (κ3) is 2.83. The summed E-state index contributed by atoms with van der Waals surface area (Å²) < 4.78 is 0. The summed E-state index contributed by atoms with van der Waals surface area (Å²) in [5, 5.41) is 21.1. The predicted octanol–water partition coefficient (Wildman–Crippen LogP) is 2.72. The lowest BCUT2D eigenvalue weighted by Crippen LogP contribution is -2.52. The van der Waals surface area contributed by atoms with Gasteiger partial charge in [-0.2, -0.15) is 0 Å². The van der Waals surface area contributed by atoms with Gasteiger partial charge in [0.05, 0.1) is 5.60 Å². The highest BCUT2D eigenvalue weighted by atomic mass is 16.4. The van der Waals surface area contributed by atoms with Crippen molar-refractivity contribution in [3.05, 3.63) is 66.0 Å². The number of aromatic nitrogens is 1. The molecule has 1 aromatic carbocycles. The van der Waals surface area contributed by atoms with Crippen molar-refractivity contribution >= 4 is 5.97 Å². The molecule has 0 saturated carbocycles. The molecule has 2 saturated heterocycles. The first-order chi connectivity index (χ1) is 12.1. The second kappa shape index (κ2) is 6.24. The van der Waals surface area contributed by atoms with Crippen LogP contribution in [0.4, 0.5) is 0 Å². The number of hydrogen-bond acceptors (Lipinski definition) is 4. The summed E-state index contributed by atoms with van der Waals surface area (Å²) in [7, 11) is 0. The van der Waals surface area contributed by atoms with Crippen molar-refractivity contribution in [2.24, 2.45) is 0 Å². The molecule has 3 unspecified atom stereocenters. The number of rotatable bonds is 4. The summed E-state index contributed by atoms with van der Waals surface area (Å²) in [5.74, 6) is -0.852. The van der Waals surface area contributed by atoms with Gasteiger partial charge in [-0.3, -0.25) is 14.7 Å². The van der Waals surface area contributed by atoms with Gasteiger partial charge in [0.15, 0.2) is 0 Å². The molecule has 0 amide bonds. The van der Waals surface area contributed by atoms with Crippen molar-refractivity contribution < 1.29 is 15.0 Å². The largest absolute Gasteiger partial charge is 0.480 e. The van der Waals surface area contributed by atoms with Gasteiger partial charge in [0.1, 0.15) is 6.04 Å². The van der Waals surface area contributed by atoms with E-state index in [0.717, 1.165) is 18.4 Å². The number of carboxylic acid groups (broad SMARTS) is 1. The lowest BCUT2D eigenvalue weighted by atomic mass is 9.79. The van der Waals surface area contributed by atoms with Crippen molar-refractivity contribution in [3.8, 4) is 0 Å². The third-order valence-corrected chi connectivity index (χ3v) is 5.67. The van der Waals surface area contributed by atoms with Crippen LogP contribution < -0.4 is 0 Å². The minimum absolute atomic E-state index is 0.0604. The molecule has 25 heavy (non-hydrogen) atoms. The second-order valence-corrected chi connectivity index (χ2v) is 7.17. The highest BCUT2D eigenvalue weighted by Gasteiger charge is 2.51. The molecular weight excluding hydrogens is 316 g/mol. The van der Waals surface area contributed by atoms with Crippen LogP contribution in [0.5, 0.6) is 0 Å². The van der Waals surface area contributed by atoms with Crippen molar-refractivity contribution in [1.29, 1.82) is 0 Å². The SMILES string of the molecule is O=C(O)C(c1cccnc1)N1C2CCC1CC(O)(c1ccccc1)C2. The lowest BCUT2D eigenvalue weighted by molar-refractivity contribution is -0.149. The van der Waals surface area contributed by atoms with Crippen LogP contribution in [-0.2, 0) is 10.4 Å². The Hall–Kier alpha value is -2.24. The first-order valence-electron chi connectivity index (χ1n) is 8.76. The minimum Gasteiger partial charge on any atom is -0.480 e. The van der Waals surface area contributed by atoms with Crippen LogP contribution in [0.25, 0.3) is 0 Å². The zero-order valence-electron chi connectivity index (χ0n) is 14.0. The van der Waals surface area contributed by atoms with E-state index in [4.69, 9.17) is 0 Å². The number of carbonyl (C=O) groups is 1. The maximum absolute atomic E-state index is 12.0. The fourth-order valence-electron chi connectivity index (χ4n) is 4.64. The molecule has 5 heteroatoms. The number of aliphatic hydroxyl groups is 1. The molecule has 3 atom stereocenters. The van der Waals surface area contributed by atoms with E-state index >= 15 is 0 Å². The average Bonchev–Trinajstić information content (AvgIpc) is 2.88. The van der Waals surface area contributed by atoms with Crippen LogP contribution in [-0.4, -0.2) is 38.1 Å². The summed E-state index contributed by atoms with van der Waals surface area (Å²) >= 11 is 0. The van der Waals surface area contributed by atoms with Gasteiger partial charge in [-0.15, -0.1) is 0 Å². The molecule has 0 radical (unpaired) electrons. The van der Waals surface area contributed by atoms with Crippen LogP contribution in [0.2, 0.25) is 0 Å². The quantitative estimate of drug-likeness (QED) is 0.897. The van der Waals surface area contributed by atoms with Crippen molar-refractivity contribution in [2.75, 3.05) is 0 Å². The predicted molar refractivity (Wildman–Crippen MR) is 92.8 cm³/mol. The maximum Gasteiger partial charge on any atom is 0.325 e. The van der Waals surface area contributed by atoms with Crippen LogP contribution in [0, 0.1) is 0 Å². The van der Waals surface area contributed by atoms with Gasteiger partial charge in [-0.25, -0.2) is 0 Å². The highest BCUT2D eigenvalue weighted by molar-refractivity contribution is 5.75. The number of nitrogens with zero attached hydrogens (tertiary/aromatic N) is 2. The summed E-state index contributed by atoms with van der Waals surface area (Å²) in [6.45, 7) is 0. The number of fused-ring (bicyclic) bond motifs is 2. The smallest absolute Gasteiger partial charge is 0.325 e. The number of aliphatic carboxylic acids is 1. The summed E-state index contributed by atoms with van der Waals surface area (Å²) in [6.07, 6.45) is 6.26. The highest BCUT2D eigenvalue weighted by Crippen LogP contribution is 2.48. The first-order valence-corrected chi connectivity index (χ1v) is 8.76. The Labute approximate surface area is 146 Å². The van der Waals surface area contributed by atoms with E-state index in [9.17, 15) is 15.0 Å². The summed E-state index contributed by atoms with van der Waals surface area (Å²) in [6, 6.07) is 12.8. The molecule has 130 valence electrons. The van der Waals surface area contributed by atoms with Crippen LogP contribution in [0.15, 0.2) is 54.9 Å². The molecule has 2 aliphatic rings. The lowest BCUT2D eigenvalue weighted by Gasteiger charge is -2.46. The van der Waals surface area contributed by atoms with E-state index in [1.54, 1.807) is 18.5 Å². The average molecular weight is 338 g/mol. The zero-order chi connectivity index (χ0) is 17.4. The maximum atomic E-state index is 12.0. The van der Waals surface area contributed by atoms with Crippen LogP contribution in [0.1, 0.15) is 42.9 Å². The molecular formula is C20H22N2O3. The summed E-state index contributed by atoms with van der Waals surface area (Å²) in [5.41, 5.74) is 0.763. The van der Waals surface area contributed by atoms with E-state index in [0.29, 0.717) is 18.4 Å². The van der Waals surface area contributed by atoms with Gasteiger partial charge in [0, 0.05) is 24.5 Å². The fourth-order valence-corrected chi connectivity index (χ4v) is 4.64. The van der Waals surface area contributed by atoms with E-state index in [1.165, 1.54) is 0 Å². The van der Waals surface area contributed by atoms with Gasteiger partial charge < -0.3 is 10.2 Å². The first kappa shape index (κ1) is 16.2. The van der Waals surface area contributed by atoms with Crippen LogP contribution in [0.3, 0.4) is 0 Å². The molecule has 2 N–H and O–H groups in total. The van der Waals surface area contributed by atoms with Gasteiger partial charge >= 0.3 is 5.97 Å². The Morgan fingerprint density at radius 2 is 1.80 bits per heavy atom. The molecule has 0 aliphatic carbocycles. The van der Waals surface area contributed by atoms with Crippen LogP contribution >= 0.6 is 0 Å². The van der Waals surface area contributed by atoms with E-state index < -0.39 is 17.6 Å². The monoisotopic (exact) mass is 338 g/mol. The Morgan fingerprint density at radius 1 is 1.12 bits per heavy atom. The Morgan fingerprint density at radius 3 is 2.36 bits per heavy atom. The van der Waals surface area contributed by atoms with Gasteiger partial charge in [0.25, 0.3) is 0 Å². The molecule has 1 aromatic heterocycles. The fraction of sp³-hybridized carbons (Fsp3) is 0.400. The standard InChI is InChI=1S/C20H22N2O3/c23-19(24)18(14-5-4-10-21-13-14)22-16-8-9-17(22)12-20(25,11-16)15-6-2-1-3-7-15/h1-7,10,13,16-18,25H,8-9,11-12H2,(H,23,24). The minimum atomic E-state index is -0.873. The normalized spacial score (nSPS) is 30.1. The Bertz CT molecular complexity index is 736. The zero-order valence-corrected chi connectivity index (χ0v) is 14.0. The number of hydrogen-bond donors (Lipinski definition) is 2. The molecule has 2 bridgehead atoms. The van der Waals surface area contributed by atoms with E-state index in [-0.39, 0.29) is 12.1 Å². The van der Waals surface area contributed by atoms with E-state index in [2.05, 4.69) is 9.88 Å². The second-order valence-electron chi connectivity index (χ2n) is 7.17. The molecule has 2 fully saturated rings. The summed E-state index contributed by atoms with van der Waals surface area (Å²) in [4.78, 5) is 18.2. The molecule has 5 nitrogen and oxygen atoms in total. The number of benzene rings is 1. The van der Waals surface area contributed by atoms with Crippen molar-refractivity contribution in [1.82, 2.24) is 9.88 Å². The number of pyridine rings is 1. The van der Waals surface area contributed by atoms with Crippen molar-refractivity contribution in [2.45, 2.75) is 49.4 Å². The van der Waals surface area contributed by atoms with E-state index in [1.807, 2.05) is 36.4 Å². The van der Waals surface area contributed by atoms with Gasteiger partial charge in [-0.05, 0) is 42.9 Å². The molecule has 0 spiro atoms. The Balaban J connectivity index is 1.65. The number of carboxylic acids is 1. The third-order valence-electron chi connectivity index (χ3n) is 5.67. The van der Waals surface area contributed by atoms with Gasteiger partial charge in [-0.1, -0.05) is 36.4 Å².